The number of phenolic OH excluding ortho intramolecular Hbond substituents is 6. The lowest BCUT2D eigenvalue weighted by molar-refractivity contribution is -0.138. The van der Waals surface area contributed by atoms with E-state index in [0.29, 0.717) is 73.0 Å². The SMILES string of the molecule is CC(C)(C)c1cc(CCC(=O)O)cc(C(C)(C)C)c1O.CC(C)(C)c1cc(CCC(=O)O)cc(C(C)(C)C)c1O.CC(C)(C)c1cc(CCC(=O)O)cc(C(C)(C)C)c1O.CC(C)(C)c1cc(CCC(=O)O)cc(C(C)(C)C)c1O.CC(C)(C)c1cc(CCC(=O)O)cc(C(C)(C)C)c1O.CC(C)(C)c1cc(CCC(=O)O)cc(C(C)(C)C)c1O.OCC(CO)(CO)CO.OCCCCCCO. The molecule has 137 heavy (non-hydrogen) atoms. The molecular weight excluding hydrogens is 1740 g/mol. The lowest BCUT2D eigenvalue weighted by Crippen LogP contribution is -2.37. The number of aromatic hydroxyl groups is 6. The standard InChI is InChI=1S/6C17H26O3.C6H14O2.C5H12O4/c6*1-16(2,3)12-9-11(7-8-14(18)19)10-13(15(12)20)17(4,5)6;7-5-3-1-2-4-6-8;6-1-5(2-7,3-8)4-9/h6*9-10,20H,7-8H2,1-6H3,(H,18,19);7-8H,1-6H2;6-9H,1-4H2. The number of aliphatic hydroxyl groups is 6. The van der Waals surface area contributed by atoms with E-state index in [2.05, 4.69) is 249 Å². The number of aryl methyl sites for hydroxylation is 6. The number of phenols is 6. The monoisotopic (exact) mass is 1920 g/mol. The molecule has 0 aliphatic heterocycles. The fourth-order valence-electron chi connectivity index (χ4n) is 14.3. The molecule has 0 aromatic heterocycles. The van der Waals surface area contributed by atoms with E-state index in [1.54, 1.807) is 0 Å². The Balaban J connectivity index is 0. The molecule has 0 aliphatic carbocycles. The number of rotatable bonds is 27. The van der Waals surface area contributed by atoms with Crippen molar-refractivity contribution in [1.29, 1.82) is 0 Å². The summed E-state index contributed by atoms with van der Waals surface area (Å²) in [6, 6.07) is 23.3. The second-order valence-electron chi connectivity index (χ2n) is 48.6. The van der Waals surface area contributed by atoms with Crippen molar-refractivity contribution in [2.24, 2.45) is 5.41 Å². The minimum atomic E-state index is -1.11. The van der Waals surface area contributed by atoms with Gasteiger partial charge in [0, 0.05) is 51.7 Å². The van der Waals surface area contributed by atoms with Gasteiger partial charge in [-0.05, 0) is 216 Å². The molecule has 0 amide bonds. The van der Waals surface area contributed by atoms with Crippen LogP contribution in [0.4, 0.5) is 0 Å². The highest BCUT2D eigenvalue weighted by Gasteiger charge is 2.35. The summed E-state index contributed by atoms with van der Waals surface area (Å²) in [6.07, 6.45) is 7.41. The highest BCUT2D eigenvalue weighted by Crippen LogP contribution is 2.47. The van der Waals surface area contributed by atoms with Gasteiger partial charge in [0.1, 0.15) is 34.5 Å². The first-order chi connectivity index (χ1) is 61.7. The van der Waals surface area contributed by atoms with E-state index in [-0.39, 0.29) is 117 Å². The summed E-state index contributed by atoms with van der Waals surface area (Å²) < 4.78 is 0. The van der Waals surface area contributed by atoms with Gasteiger partial charge in [-0.2, -0.15) is 0 Å². The predicted octanol–water partition coefficient (Wildman–Crippen LogP) is 22.5. The van der Waals surface area contributed by atoms with Gasteiger partial charge in [-0.1, -0.05) is 335 Å². The fraction of sp³-hybridized carbons (Fsp3) is 0.628. The molecule has 0 unspecified atom stereocenters. The Morgan fingerprint density at radius 1 is 0.182 bits per heavy atom. The lowest BCUT2D eigenvalue weighted by atomic mass is 9.78. The van der Waals surface area contributed by atoms with Gasteiger partial charge in [0.15, 0.2) is 0 Å². The van der Waals surface area contributed by atoms with Crippen LogP contribution in [0, 0.1) is 5.41 Å². The molecule has 0 saturated heterocycles. The van der Waals surface area contributed by atoms with Crippen LogP contribution < -0.4 is 0 Å². The third-order valence-corrected chi connectivity index (χ3v) is 22.9. The first-order valence-corrected chi connectivity index (χ1v) is 47.9. The summed E-state index contributed by atoms with van der Waals surface area (Å²) >= 11 is 0. The summed E-state index contributed by atoms with van der Waals surface area (Å²) in [5, 5.41) is 167. The molecule has 0 radical (unpaired) electrons. The number of carboxylic acids is 6. The van der Waals surface area contributed by atoms with Gasteiger partial charge in [0.05, 0.1) is 31.8 Å². The van der Waals surface area contributed by atoms with E-state index in [1.807, 2.05) is 72.8 Å². The number of aliphatic carboxylic acids is 6. The number of carboxylic acid groups (broad SMARTS) is 6. The minimum absolute atomic E-state index is 0.109. The van der Waals surface area contributed by atoms with Crippen LogP contribution in [0.3, 0.4) is 0 Å². The van der Waals surface area contributed by atoms with Crippen molar-refractivity contribution in [2.45, 2.75) is 417 Å². The molecule has 24 nitrogen and oxygen atoms in total. The van der Waals surface area contributed by atoms with Gasteiger partial charge >= 0.3 is 35.8 Å². The Bertz CT molecular complexity index is 3840. The number of unbranched alkanes of at least 4 members (excludes halogenated alkanes) is 3. The highest BCUT2D eigenvalue weighted by molar-refractivity contribution is 5.70. The topological polar surface area (TPSA) is 467 Å². The van der Waals surface area contributed by atoms with E-state index >= 15 is 0 Å². The van der Waals surface area contributed by atoms with Gasteiger partial charge in [0.2, 0.25) is 0 Å². The van der Waals surface area contributed by atoms with Crippen LogP contribution in [0.25, 0.3) is 0 Å². The Morgan fingerprint density at radius 2 is 0.277 bits per heavy atom. The molecule has 6 aromatic rings. The van der Waals surface area contributed by atoms with Gasteiger partial charge in [0.25, 0.3) is 0 Å². The zero-order chi connectivity index (χ0) is 108. The van der Waals surface area contributed by atoms with Crippen LogP contribution >= 0.6 is 0 Å². The average molecular weight is 1920 g/mol. The second-order valence-corrected chi connectivity index (χ2v) is 48.6. The number of carbonyl (C=O) groups is 6. The first-order valence-electron chi connectivity index (χ1n) is 47.9. The van der Waals surface area contributed by atoms with Crippen LogP contribution in [0.2, 0.25) is 0 Å². The van der Waals surface area contributed by atoms with Crippen LogP contribution in [0.1, 0.15) is 414 Å². The zero-order valence-electron chi connectivity index (χ0n) is 90.5. The second kappa shape index (κ2) is 53.9. The van der Waals surface area contributed by atoms with Gasteiger partial charge in [-0.3, -0.25) is 28.8 Å². The Labute approximate surface area is 821 Å². The molecular formula is C113H182O24. The number of hydrogen-bond donors (Lipinski definition) is 18. The van der Waals surface area contributed by atoms with Crippen molar-refractivity contribution in [3.05, 3.63) is 173 Å². The first kappa shape index (κ1) is 130. The third kappa shape index (κ3) is 46.6. The van der Waals surface area contributed by atoms with Gasteiger partial charge < -0.3 is 91.9 Å². The normalized spacial score (nSPS) is 12.3. The average Bonchev–Trinajstić information content (AvgIpc) is 0.810. The summed E-state index contributed by atoms with van der Waals surface area (Å²) in [4.78, 5) is 64.5. The van der Waals surface area contributed by atoms with Crippen LogP contribution in [-0.4, -0.2) is 167 Å². The molecule has 0 heterocycles. The largest absolute Gasteiger partial charge is 0.507 e. The molecule has 0 aliphatic rings. The maximum atomic E-state index is 10.8. The van der Waals surface area contributed by atoms with Gasteiger partial charge in [-0.15, -0.1) is 0 Å². The highest BCUT2D eigenvalue weighted by atomic mass is 16.4. The summed E-state index contributed by atoms with van der Waals surface area (Å²) in [5.74, 6) is -2.77. The minimum Gasteiger partial charge on any atom is -0.507 e. The van der Waals surface area contributed by atoms with Crippen molar-refractivity contribution in [3.63, 3.8) is 0 Å². The van der Waals surface area contributed by atoms with Crippen LogP contribution in [-0.2, 0) is 132 Å². The van der Waals surface area contributed by atoms with Crippen molar-refractivity contribution in [1.82, 2.24) is 0 Å². The summed E-state index contributed by atoms with van der Waals surface area (Å²) in [5.41, 5.74) is 13.2. The van der Waals surface area contributed by atoms with E-state index in [1.165, 1.54) is 0 Å². The van der Waals surface area contributed by atoms with Crippen molar-refractivity contribution in [3.8, 4) is 34.5 Å². The maximum absolute atomic E-state index is 10.8. The Hall–Kier alpha value is -9.30. The summed E-state index contributed by atoms with van der Waals surface area (Å²) in [7, 11) is 0. The number of benzene rings is 6. The maximum Gasteiger partial charge on any atom is 0.303 e. The molecule has 6 rings (SSSR count). The van der Waals surface area contributed by atoms with E-state index in [0.717, 1.165) is 126 Å². The van der Waals surface area contributed by atoms with Crippen molar-refractivity contribution < 1.29 is 121 Å². The Kier molecular flexibility index (Phi) is 51.1. The van der Waals surface area contributed by atoms with Crippen LogP contribution in [0.5, 0.6) is 34.5 Å². The Morgan fingerprint density at radius 3 is 0.336 bits per heavy atom. The van der Waals surface area contributed by atoms with Crippen molar-refractivity contribution in [2.75, 3.05) is 39.6 Å². The number of hydrogen-bond acceptors (Lipinski definition) is 18. The predicted molar refractivity (Wildman–Crippen MR) is 552 cm³/mol. The molecule has 778 valence electrons. The lowest BCUT2D eigenvalue weighted by Gasteiger charge is -2.28. The molecule has 6 aromatic carbocycles. The van der Waals surface area contributed by atoms with E-state index in [4.69, 9.17) is 61.3 Å². The molecule has 24 heteroatoms. The van der Waals surface area contributed by atoms with Gasteiger partial charge in [-0.25, -0.2) is 0 Å². The van der Waals surface area contributed by atoms with Crippen molar-refractivity contribution >= 4 is 35.8 Å². The molecule has 0 spiro atoms. The molecule has 0 bridgehead atoms. The van der Waals surface area contributed by atoms with Crippen LogP contribution in [0.15, 0.2) is 72.8 Å². The molecule has 0 saturated carbocycles. The van der Waals surface area contributed by atoms with E-state index in [9.17, 15) is 59.4 Å². The summed E-state index contributed by atoms with van der Waals surface area (Å²) in [6.45, 7) is 72.8. The quantitative estimate of drug-likeness (QED) is 0.0213. The molecule has 0 fully saturated rings. The third-order valence-electron chi connectivity index (χ3n) is 22.9. The molecule has 18 N–H and O–H groups in total. The fourth-order valence-corrected chi connectivity index (χ4v) is 14.3. The smallest absolute Gasteiger partial charge is 0.303 e. The number of aliphatic hydroxyl groups excluding tert-OH is 6. The zero-order valence-corrected chi connectivity index (χ0v) is 90.5. The molecule has 0 atom stereocenters. The van der Waals surface area contributed by atoms with E-state index < -0.39 is 67.7 Å².